The molecule has 6 heteroatoms. The van der Waals surface area contributed by atoms with Gasteiger partial charge in [0.25, 0.3) is 0 Å². The van der Waals surface area contributed by atoms with Crippen molar-refractivity contribution in [3.63, 3.8) is 0 Å². The minimum Gasteiger partial charge on any atom is -0.834 e. The Balaban J connectivity index is 1.29. The number of aryl methyl sites for hydroxylation is 1. The Morgan fingerprint density at radius 2 is 1.73 bits per heavy atom. The van der Waals surface area contributed by atoms with E-state index in [1.165, 1.54) is 0 Å². The molecule has 3 aromatic rings. The maximum atomic E-state index is 14.1. The van der Waals surface area contributed by atoms with Crippen molar-refractivity contribution >= 4 is 5.97 Å². The van der Waals surface area contributed by atoms with Gasteiger partial charge in [-0.1, -0.05) is 48.5 Å². The second-order valence-electron chi connectivity index (χ2n) is 9.54. The van der Waals surface area contributed by atoms with Crippen LogP contribution in [-0.4, -0.2) is 53.2 Å². The van der Waals surface area contributed by atoms with E-state index >= 15 is 0 Å². The van der Waals surface area contributed by atoms with Gasteiger partial charge in [-0.15, -0.1) is 0 Å². The van der Waals surface area contributed by atoms with E-state index in [4.69, 9.17) is 4.74 Å². The molecule has 0 saturated carbocycles. The van der Waals surface area contributed by atoms with Crippen molar-refractivity contribution < 1.29 is 19.1 Å². The van der Waals surface area contributed by atoms with E-state index in [-0.39, 0.29) is 6.10 Å². The molecule has 2 atom stereocenters. The molecule has 0 bridgehead atoms. The first-order valence-corrected chi connectivity index (χ1v) is 11.7. The molecule has 0 N–H and O–H groups in total. The van der Waals surface area contributed by atoms with Crippen LogP contribution in [0.1, 0.15) is 36.0 Å². The number of rotatable bonds is 6. The van der Waals surface area contributed by atoms with Crippen LogP contribution in [0.4, 0.5) is 0 Å². The third kappa shape index (κ3) is 4.05. The smallest absolute Gasteiger partial charge is 0.304 e. The summed E-state index contributed by atoms with van der Waals surface area (Å²) in [5.74, 6) is -0.681. The Morgan fingerprint density at radius 1 is 1.09 bits per heavy atom. The van der Waals surface area contributed by atoms with E-state index in [1.54, 1.807) is 18.5 Å². The fraction of sp³-hybridized carbons (Fsp3) is 0.370. The van der Waals surface area contributed by atoms with Crippen LogP contribution in [0.25, 0.3) is 11.1 Å². The predicted molar refractivity (Wildman–Crippen MR) is 123 cm³/mol. The predicted octanol–water partition coefficient (Wildman–Crippen LogP) is 2.85. The highest BCUT2D eigenvalue weighted by Crippen LogP contribution is 2.46. The summed E-state index contributed by atoms with van der Waals surface area (Å²) in [6, 6.07) is 14.8. The van der Waals surface area contributed by atoms with Gasteiger partial charge in [0.15, 0.2) is 6.10 Å². The Kier molecular flexibility index (Phi) is 5.72. The van der Waals surface area contributed by atoms with Gasteiger partial charge in [0, 0.05) is 30.8 Å². The summed E-state index contributed by atoms with van der Waals surface area (Å²) in [4.78, 5) is 21.6. The first-order valence-electron chi connectivity index (χ1n) is 11.7. The van der Waals surface area contributed by atoms with Crippen LogP contribution >= 0.6 is 0 Å². The summed E-state index contributed by atoms with van der Waals surface area (Å²) in [6.45, 7) is 2.76. The molecule has 2 aromatic carbocycles. The number of quaternary nitrogens is 1. The molecule has 1 unspecified atom stereocenters. The number of carbonyl (C=O) groups is 1. The van der Waals surface area contributed by atoms with Crippen LogP contribution in [0.3, 0.4) is 0 Å². The molecule has 0 amide bonds. The van der Waals surface area contributed by atoms with E-state index in [2.05, 4.69) is 17.0 Å². The van der Waals surface area contributed by atoms with Gasteiger partial charge in [-0.2, -0.15) is 0 Å². The van der Waals surface area contributed by atoms with Gasteiger partial charge < -0.3 is 14.3 Å². The third-order valence-corrected chi connectivity index (χ3v) is 7.11. The van der Waals surface area contributed by atoms with Crippen LogP contribution in [0, 0.1) is 0 Å². The molecule has 2 heterocycles. The van der Waals surface area contributed by atoms with Crippen molar-refractivity contribution in [2.45, 2.75) is 37.4 Å². The van der Waals surface area contributed by atoms with Crippen LogP contribution in [0.5, 0.6) is 0 Å². The number of ether oxygens (including phenoxy) is 1. The lowest BCUT2D eigenvalue weighted by Gasteiger charge is -2.43. The van der Waals surface area contributed by atoms with E-state index in [1.807, 2.05) is 48.8 Å². The van der Waals surface area contributed by atoms with Gasteiger partial charge in [0.1, 0.15) is 12.9 Å². The molecular weight excluding hydrogens is 414 g/mol. The number of carbonyl (C=O) groups excluding carboxylic acids is 1. The average molecular weight is 444 g/mol. The minimum atomic E-state index is -2.01. The Hall–Kier alpha value is -3.09. The van der Waals surface area contributed by atoms with Crippen molar-refractivity contribution in [2.24, 2.45) is 0 Å². The van der Waals surface area contributed by atoms with Gasteiger partial charge in [0.05, 0.1) is 20.1 Å². The zero-order valence-electron chi connectivity index (χ0n) is 18.9. The maximum absolute atomic E-state index is 14.1. The maximum Gasteiger partial charge on any atom is 0.304 e. The largest absolute Gasteiger partial charge is 0.834 e. The Morgan fingerprint density at radius 3 is 2.39 bits per heavy atom. The fourth-order valence-electron chi connectivity index (χ4n) is 5.45. The molecule has 170 valence electrons. The van der Waals surface area contributed by atoms with E-state index in [0.29, 0.717) is 11.1 Å². The molecule has 1 fully saturated rings. The van der Waals surface area contributed by atoms with Gasteiger partial charge in [-0.3, -0.25) is 4.79 Å². The van der Waals surface area contributed by atoms with Crippen LogP contribution < -0.4 is 5.11 Å². The molecular formula is C27H29N3O3. The second-order valence-corrected chi connectivity index (χ2v) is 9.54. The monoisotopic (exact) mass is 443 g/mol. The summed E-state index contributed by atoms with van der Waals surface area (Å²) >= 11 is 0. The highest BCUT2D eigenvalue weighted by atomic mass is 16.6. The zero-order valence-corrected chi connectivity index (χ0v) is 18.9. The van der Waals surface area contributed by atoms with Gasteiger partial charge in [-0.25, -0.2) is 9.97 Å². The first kappa shape index (κ1) is 21.7. The quantitative estimate of drug-likeness (QED) is 0.433. The van der Waals surface area contributed by atoms with Crippen molar-refractivity contribution in [3.8, 4) is 11.1 Å². The SMILES string of the molecule is C[N@@+]1(CCCc2cncnc2)CCCC(OC(=O)C2([O-])c3ccccc3-c3ccccc32)C1. The lowest BCUT2D eigenvalue weighted by molar-refractivity contribution is -0.917. The number of hydrogen-bond donors (Lipinski definition) is 0. The molecule has 2 aliphatic rings. The van der Waals surface area contributed by atoms with Gasteiger partial charge in [0.2, 0.25) is 0 Å². The molecule has 5 rings (SSSR count). The van der Waals surface area contributed by atoms with Crippen molar-refractivity contribution in [3.05, 3.63) is 83.9 Å². The Labute approximate surface area is 194 Å². The third-order valence-electron chi connectivity index (χ3n) is 7.11. The lowest BCUT2D eigenvalue weighted by Crippen LogP contribution is -2.56. The fourth-order valence-corrected chi connectivity index (χ4v) is 5.45. The molecule has 0 spiro atoms. The number of esters is 1. The van der Waals surface area contributed by atoms with Crippen LogP contribution in [0.15, 0.2) is 67.3 Å². The number of aromatic nitrogens is 2. The first-order chi connectivity index (χ1) is 16.0. The van der Waals surface area contributed by atoms with Gasteiger partial charge >= 0.3 is 5.97 Å². The average Bonchev–Trinajstić information content (AvgIpc) is 3.10. The summed E-state index contributed by atoms with van der Waals surface area (Å²) in [5.41, 5.74) is 1.77. The summed E-state index contributed by atoms with van der Waals surface area (Å²) in [5, 5.41) is 14.1. The second kappa shape index (κ2) is 8.69. The lowest BCUT2D eigenvalue weighted by atomic mass is 9.91. The van der Waals surface area contributed by atoms with Crippen molar-refractivity contribution in [1.29, 1.82) is 0 Å². The molecule has 6 nitrogen and oxygen atoms in total. The molecule has 1 aliphatic heterocycles. The summed E-state index contributed by atoms with van der Waals surface area (Å²) in [7, 11) is 2.22. The van der Waals surface area contributed by atoms with Crippen molar-refractivity contribution in [2.75, 3.05) is 26.7 Å². The number of nitrogens with zero attached hydrogens (tertiary/aromatic N) is 3. The van der Waals surface area contributed by atoms with E-state index < -0.39 is 11.6 Å². The molecule has 1 aliphatic carbocycles. The number of piperidine rings is 1. The summed E-state index contributed by atoms with van der Waals surface area (Å²) in [6.07, 6.45) is 8.73. The highest BCUT2D eigenvalue weighted by molar-refractivity contribution is 5.95. The number of benzene rings is 2. The normalized spacial score (nSPS) is 22.9. The van der Waals surface area contributed by atoms with E-state index in [0.717, 1.165) is 66.5 Å². The molecule has 1 saturated heterocycles. The highest BCUT2D eigenvalue weighted by Gasteiger charge is 2.42. The number of likely N-dealkylation sites (N-methyl/N-ethyl adjacent to an activating group) is 1. The zero-order chi connectivity index (χ0) is 22.9. The topological polar surface area (TPSA) is 75.1 Å². The number of likely N-dealkylation sites (tertiary alicyclic amines) is 1. The van der Waals surface area contributed by atoms with E-state index in [9.17, 15) is 9.90 Å². The van der Waals surface area contributed by atoms with Gasteiger partial charge in [-0.05, 0) is 40.7 Å². The van der Waals surface area contributed by atoms with Crippen LogP contribution in [-0.2, 0) is 21.6 Å². The minimum absolute atomic E-state index is 0.248. The van der Waals surface area contributed by atoms with Crippen LogP contribution in [0.2, 0.25) is 0 Å². The number of fused-ring (bicyclic) bond motifs is 3. The standard InChI is InChI=1S/C27H29N3O3/c1-30(14-6-8-20-16-28-19-29-17-20)15-7-9-21(18-30)33-26(31)27(32)24-12-4-2-10-22(24)23-11-3-5-13-25(23)27/h2-5,10-13,16-17,19,21H,6-9,14-15,18H2,1H3/t21?,30-/m1/s1. The van der Waals surface area contributed by atoms with Crippen molar-refractivity contribution in [1.82, 2.24) is 9.97 Å². The molecule has 1 aromatic heterocycles. The molecule has 0 radical (unpaired) electrons. The number of hydrogen-bond acceptors (Lipinski definition) is 5. The molecule has 33 heavy (non-hydrogen) atoms. The Bertz CT molecular complexity index is 1100. The summed E-state index contributed by atoms with van der Waals surface area (Å²) < 4.78 is 6.80.